The van der Waals surface area contributed by atoms with Crippen LogP contribution in [0.25, 0.3) is 0 Å². The predicted octanol–water partition coefficient (Wildman–Crippen LogP) is 2.04. The minimum absolute atomic E-state index is 0.211. The molecule has 5 heteroatoms. The third-order valence-corrected chi connectivity index (χ3v) is 3.46. The molecule has 1 aromatic rings. The van der Waals surface area contributed by atoms with Crippen LogP contribution in [0.3, 0.4) is 0 Å². The lowest BCUT2D eigenvalue weighted by Crippen LogP contribution is -2.39. The number of likely N-dealkylation sites (tertiary alicyclic amines) is 1. The summed E-state index contributed by atoms with van der Waals surface area (Å²) in [5, 5.41) is 0. The standard InChI is InChI=1S/C12H14BrFN2O/c13-9-4-8(5-10(14)6-9)7-16-3-1-2-11(16)12(15)17/h4-6,11H,1-3,7H2,(H2,15,17). The number of hydrogen-bond donors (Lipinski definition) is 1. The van der Waals surface area contributed by atoms with E-state index in [1.165, 1.54) is 12.1 Å². The Morgan fingerprint density at radius 1 is 1.53 bits per heavy atom. The van der Waals surface area contributed by atoms with Gasteiger partial charge in [-0.25, -0.2) is 4.39 Å². The van der Waals surface area contributed by atoms with Crippen LogP contribution in [0.15, 0.2) is 22.7 Å². The molecule has 1 aliphatic heterocycles. The molecule has 1 unspecified atom stereocenters. The third kappa shape index (κ3) is 3.04. The summed E-state index contributed by atoms with van der Waals surface area (Å²) in [6, 6.07) is 4.55. The first kappa shape index (κ1) is 12.5. The van der Waals surface area contributed by atoms with Crippen molar-refractivity contribution in [2.75, 3.05) is 6.54 Å². The first-order chi connectivity index (χ1) is 8.06. The highest BCUT2D eigenvalue weighted by molar-refractivity contribution is 9.10. The van der Waals surface area contributed by atoms with Crippen molar-refractivity contribution in [2.24, 2.45) is 5.73 Å². The molecule has 17 heavy (non-hydrogen) atoms. The van der Waals surface area contributed by atoms with Crippen LogP contribution < -0.4 is 5.73 Å². The molecule has 1 aliphatic rings. The zero-order valence-corrected chi connectivity index (χ0v) is 10.9. The van der Waals surface area contributed by atoms with Gasteiger partial charge in [0, 0.05) is 11.0 Å². The largest absolute Gasteiger partial charge is 0.368 e. The van der Waals surface area contributed by atoms with E-state index in [1.807, 2.05) is 11.0 Å². The minimum atomic E-state index is -0.294. The van der Waals surface area contributed by atoms with Crippen molar-refractivity contribution in [2.45, 2.75) is 25.4 Å². The summed E-state index contributed by atoms with van der Waals surface area (Å²) >= 11 is 3.26. The summed E-state index contributed by atoms with van der Waals surface area (Å²) < 4.78 is 13.9. The average molecular weight is 301 g/mol. The summed E-state index contributed by atoms with van der Waals surface area (Å²) in [6.07, 6.45) is 1.76. The van der Waals surface area contributed by atoms with E-state index < -0.39 is 0 Å². The number of primary amides is 1. The van der Waals surface area contributed by atoms with Crippen LogP contribution in [0.2, 0.25) is 0 Å². The Morgan fingerprint density at radius 2 is 2.29 bits per heavy atom. The Kier molecular flexibility index (Phi) is 3.79. The Bertz CT molecular complexity index is 418. The molecule has 1 fully saturated rings. The maximum absolute atomic E-state index is 13.2. The highest BCUT2D eigenvalue weighted by Crippen LogP contribution is 2.22. The van der Waals surface area contributed by atoms with Gasteiger partial charge in [-0.05, 0) is 43.1 Å². The summed E-state index contributed by atoms with van der Waals surface area (Å²) in [5.74, 6) is -0.567. The molecule has 1 saturated heterocycles. The summed E-state index contributed by atoms with van der Waals surface area (Å²) in [5.41, 5.74) is 6.19. The van der Waals surface area contributed by atoms with Gasteiger partial charge in [0.05, 0.1) is 6.04 Å². The Labute approximate surface area is 108 Å². The Hall–Kier alpha value is -0.940. The van der Waals surface area contributed by atoms with Gasteiger partial charge in [0.15, 0.2) is 0 Å². The number of benzene rings is 1. The van der Waals surface area contributed by atoms with Crippen molar-refractivity contribution in [3.63, 3.8) is 0 Å². The second-order valence-electron chi connectivity index (χ2n) is 4.31. The van der Waals surface area contributed by atoms with Gasteiger partial charge < -0.3 is 5.73 Å². The number of nitrogens with two attached hydrogens (primary N) is 1. The number of carbonyl (C=O) groups excluding carboxylic acids is 1. The van der Waals surface area contributed by atoms with Gasteiger partial charge in [-0.3, -0.25) is 9.69 Å². The molecule has 1 aromatic carbocycles. The molecule has 2 N–H and O–H groups in total. The molecule has 1 atom stereocenters. The highest BCUT2D eigenvalue weighted by Gasteiger charge is 2.28. The van der Waals surface area contributed by atoms with E-state index in [2.05, 4.69) is 15.9 Å². The molecular formula is C12H14BrFN2O. The molecular weight excluding hydrogens is 287 g/mol. The third-order valence-electron chi connectivity index (χ3n) is 3.00. The number of halogens is 2. The van der Waals surface area contributed by atoms with Gasteiger partial charge in [0.25, 0.3) is 0 Å². The normalized spacial score (nSPS) is 20.7. The number of amides is 1. The van der Waals surface area contributed by atoms with Crippen LogP contribution in [0.1, 0.15) is 18.4 Å². The van der Waals surface area contributed by atoms with Crippen LogP contribution in [-0.4, -0.2) is 23.4 Å². The van der Waals surface area contributed by atoms with Crippen LogP contribution >= 0.6 is 15.9 Å². The monoisotopic (exact) mass is 300 g/mol. The zero-order chi connectivity index (χ0) is 12.4. The second kappa shape index (κ2) is 5.14. The van der Waals surface area contributed by atoms with E-state index in [1.54, 1.807) is 0 Å². The van der Waals surface area contributed by atoms with Gasteiger partial charge in [-0.2, -0.15) is 0 Å². The lowest BCUT2D eigenvalue weighted by Gasteiger charge is -2.21. The van der Waals surface area contributed by atoms with Crippen LogP contribution in [0.4, 0.5) is 4.39 Å². The molecule has 2 rings (SSSR count). The van der Waals surface area contributed by atoms with Crippen LogP contribution in [0, 0.1) is 5.82 Å². The fourth-order valence-corrected chi connectivity index (χ4v) is 2.79. The lowest BCUT2D eigenvalue weighted by atomic mass is 10.1. The molecule has 0 aliphatic carbocycles. The predicted molar refractivity (Wildman–Crippen MR) is 66.7 cm³/mol. The maximum Gasteiger partial charge on any atom is 0.234 e. The van der Waals surface area contributed by atoms with Gasteiger partial charge in [0.1, 0.15) is 5.82 Å². The van der Waals surface area contributed by atoms with E-state index >= 15 is 0 Å². The maximum atomic E-state index is 13.2. The van der Waals surface area contributed by atoms with Gasteiger partial charge >= 0.3 is 0 Å². The molecule has 0 bridgehead atoms. The smallest absolute Gasteiger partial charge is 0.234 e. The van der Waals surface area contributed by atoms with Crippen molar-refractivity contribution >= 4 is 21.8 Å². The summed E-state index contributed by atoms with van der Waals surface area (Å²) in [7, 11) is 0. The summed E-state index contributed by atoms with van der Waals surface area (Å²) in [4.78, 5) is 13.2. The van der Waals surface area contributed by atoms with Crippen molar-refractivity contribution in [1.82, 2.24) is 4.90 Å². The molecule has 0 radical (unpaired) electrons. The highest BCUT2D eigenvalue weighted by atomic mass is 79.9. The first-order valence-corrected chi connectivity index (χ1v) is 6.34. The van der Waals surface area contributed by atoms with E-state index in [4.69, 9.17) is 5.73 Å². The quantitative estimate of drug-likeness (QED) is 0.928. The van der Waals surface area contributed by atoms with E-state index in [0.717, 1.165) is 24.9 Å². The van der Waals surface area contributed by atoms with Gasteiger partial charge in [-0.1, -0.05) is 15.9 Å². The number of hydrogen-bond acceptors (Lipinski definition) is 2. The van der Waals surface area contributed by atoms with Crippen molar-refractivity contribution in [3.05, 3.63) is 34.1 Å². The minimum Gasteiger partial charge on any atom is -0.368 e. The second-order valence-corrected chi connectivity index (χ2v) is 5.22. The number of carbonyl (C=O) groups is 1. The lowest BCUT2D eigenvalue weighted by molar-refractivity contribution is -0.122. The van der Waals surface area contributed by atoms with Crippen LogP contribution in [-0.2, 0) is 11.3 Å². The van der Waals surface area contributed by atoms with Crippen molar-refractivity contribution < 1.29 is 9.18 Å². The number of nitrogens with zero attached hydrogens (tertiary/aromatic N) is 1. The molecule has 0 aromatic heterocycles. The molecule has 1 heterocycles. The van der Waals surface area contributed by atoms with E-state index in [-0.39, 0.29) is 17.8 Å². The van der Waals surface area contributed by atoms with Crippen molar-refractivity contribution in [1.29, 1.82) is 0 Å². The SMILES string of the molecule is NC(=O)C1CCCN1Cc1cc(F)cc(Br)c1. The van der Waals surface area contributed by atoms with Gasteiger partial charge in [-0.15, -0.1) is 0 Å². The van der Waals surface area contributed by atoms with Gasteiger partial charge in [0.2, 0.25) is 5.91 Å². The molecule has 0 spiro atoms. The molecule has 92 valence electrons. The topological polar surface area (TPSA) is 46.3 Å². The Balaban J connectivity index is 2.12. The first-order valence-electron chi connectivity index (χ1n) is 5.54. The molecule has 0 saturated carbocycles. The fraction of sp³-hybridized carbons (Fsp3) is 0.417. The average Bonchev–Trinajstić information content (AvgIpc) is 2.63. The van der Waals surface area contributed by atoms with Crippen molar-refractivity contribution in [3.8, 4) is 0 Å². The number of rotatable bonds is 3. The molecule has 1 amide bonds. The summed E-state index contributed by atoms with van der Waals surface area (Å²) in [6.45, 7) is 1.39. The Morgan fingerprint density at radius 3 is 2.94 bits per heavy atom. The molecule has 3 nitrogen and oxygen atoms in total. The van der Waals surface area contributed by atoms with E-state index in [9.17, 15) is 9.18 Å². The fourth-order valence-electron chi connectivity index (χ4n) is 2.27. The zero-order valence-electron chi connectivity index (χ0n) is 9.33. The van der Waals surface area contributed by atoms with E-state index in [0.29, 0.717) is 11.0 Å². The van der Waals surface area contributed by atoms with Crippen LogP contribution in [0.5, 0.6) is 0 Å².